The first kappa shape index (κ1) is 18.9. The minimum atomic E-state index is -0.993. The van der Waals surface area contributed by atoms with Crippen molar-refractivity contribution in [3.8, 4) is 0 Å². The summed E-state index contributed by atoms with van der Waals surface area (Å²) in [5, 5.41) is 8.39. The third-order valence-corrected chi connectivity index (χ3v) is 2.45. The maximum Gasteiger partial charge on any atom is 0.340 e. The summed E-state index contributed by atoms with van der Waals surface area (Å²) in [5.41, 5.74) is 10.7. The summed E-state index contributed by atoms with van der Waals surface area (Å²) >= 11 is 0. The minimum Gasteiger partial charge on any atom is -0.478 e. The van der Waals surface area contributed by atoms with Gasteiger partial charge in [-0.3, -0.25) is 0 Å². The Balaban J connectivity index is 0.000000254. The number of pyridine rings is 2. The van der Waals surface area contributed by atoms with Crippen molar-refractivity contribution >= 4 is 23.6 Å². The molecule has 0 aliphatic heterocycles. The van der Waals surface area contributed by atoms with E-state index in [9.17, 15) is 9.59 Å². The Morgan fingerprint density at radius 2 is 1.42 bits per heavy atom. The summed E-state index contributed by atoms with van der Waals surface area (Å²) in [4.78, 5) is 29.1. The van der Waals surface area contributed by atoms with Crippen LogP contribution in [-0.2, 0) is 4.74 Å². The van der Waals surface area contributed by atoms with E-state index >= 15 is 0 Å². The van der Waals surface area contributed by atoms with Crippen molar-refractivity contribution in [1.82, 2.24) is 9.97 Å². The third kappa shape index (κ3) is 6.73. The van der Waals surface area contributed by atoms with Crippen molar-refractivity contribution in [1.29, 1.82) is 0 Å². The molecule has 2 aromatic rings. The zero-order chi connectivity index (χ0) is 18.3. The predicted molar refractivity (Wildman–Crippen MR) is 89.4 cm³/mol. The fourth-order valence-electron chi connectivity index (χ4n) is 1.39. The van der Waals surface area contributed by atoms with Crippen LogP contribution in [0.15, 0.2) is 36.7 Å². The van der Waals surface area contributed by atoms with Gasteiger partial charge < -0.3 is 21.3 Å². The van der Waals surface area contributed by atoms with Crippen LogP contribution in [-0.4, -0.2) is 32.6 Å². The number of ether oxygens (including phenoxy) is 1. The SMILES string of the molecule is CC(C)(C)OC(=O)c1ccc(N)nc1.Nc1ccc(C(=O)O)cn1. The van der Waals surface area contributed by atoms with E-state index in [0.717, 1.165) is 0 Å². The first-order chi connectivity index (χ1) is 11.1. The highest BCUT2D eigenvalue weighted by molar-refractivity contribution is 5.89. The molecule has 0 spiro atoms. The van der Waals surface area contributed by atoms with Gasteiger partial charge in [-0.25, -0.2) is 19.6 Å². The van der Waals surface area contributed by atoms with Crippen LogP contribution in [0.25, 0.3) is 0 Å². The summed E-state index contributed by atoms with van der Waals surface area (Å²) in [5.74, 6) is -0.667. The van der Waals surface area contributed by atoms with Gasteiger partial charge in [0.25, 0.3) is 0 Å². The Morgan fingerprint density at radius 1 is 0.958 bits per heavy atom. The van der Waals surface area contributed by atoms with Crippen molar-refractivity contribution in [2.75, 3.05) is 11.5 Å². The molecule has 0 aliphatic carbocycles. The van der Waals surface area contributed by atoms with Crippen LogP contribution in [0, 0.1) is 0 Å². The molecule has 0 aromatic carbocycles. The molecule has 5 N–H and O–H groups in total. The molecule has 0 saturated heterocycles. The van der Waals surface area contributed by atoms with Crippen molar-refractivity contribution < 1.29 is 19.4 Å². The van der Waals surface area contributed by atoms with Crippen LogP contribution < -0.4 is 11.5 Å². The van der Waals surface area contributed by atoms with E-state index in [1.54, 1.807) is 12.1 Å². The van der Waals surface area contributed by atoms with Crippen LogP contribution in [0.2, 0.25) is 0 Å². The number of nitrogens with zero attached hydrogens (tertiary/aromatic N) is 2. The molecule has 0 amide bonds. The minimum absolute atomic E-state index is 0.147. The summed E-state index contributed by atoms with van der Waals surface area (Å²) in [6, 6.07) is 6.02. The fourth-order valence-corrected chi connectivity index (χ4v) is 1.39. The van der Waals surface area contributed by atoms with Crippen LogP contribution in [0.5, 0.6) is 0 Å². The van der Waals surface area contributed by atoms with Crippen molar-refractivity contribution in [2.24, 2.45) is 0 Å². The van der Waals surface area contributed by atoms with Gasteiger partial charge in [-0.15, -0.1) is 0 Å². The normalized spacial score (nSPS) is 10.3. The average Bonchev–Trinajstić information content (AvgIpc) is 2.47. The van der Waals surface area contributed by atoms with Crippen LogP contribution in [0.3, 0.4) is 0 Å². The smallest absolute Gasteiger partial charge is 0.340 e. The maximum atomic E-state index is 11.5. The number of hydrogen-bond donors (Lipinski definition) is 3. The van der Waals surface area contributed by atoms with E-state index in [0.29, 0.717) is 17.2 Å². The lowest BCUT2D eigenvalue weighted by Crippen LogP contribution is -2.23. The van der Waals surface area contributed by atoms with Crippen molar-refractivity contribution in [2.45, 2.75) is 26.4 Å². The Labute approximate surface area is 139 Å². The lowest BCUT2D eigenvalue weighted by Gasteiger charge is -2.19. The second-order valence-electron chi connectivity index (χ2n) is 5.75. The number of nitrogen functional groups attached to an aromatic ring is 2. The molecule has 2 rings (SSSR count). The van der Waals surface area contributed by atoms with Crippen LogP contribution in [0.1, 0.15) is 41.5 Å². The van der Waals surface area contributed by atoms with Crippen LogP contribution in [0.4, 0.5) is 11.6 Å². The molecule has 0 fully saturated rings. The molecular formula is C16H20N4O4. The molecule has 24 heavy (non-hydrogen) atoms. The Kier molecular flexibility index (Phi) is 6.22. The third-order valence-electron chi connectivity index (χ3n) is 2.45. The van der Waals surface area contributed by atoms with Gasteiger partial charge in [0.15, 0.2) is 0 Å². The fraction of sp³-hybridized carbons (Fsp3) is 0.250. The van der Waals surface area contributed by atoms with Gasteiger partial charge in [-0.2, -0.15) is 0 Å². The van der Waals surface area contributed by atoms with Gasteiger partial charge >= 0.3 is 11.9 Å². The number of carbonyl (C=O) groups is 2. The second-order valence-corrected chi connectivity index (χ2v) is 5.75. The second kappa shape index (κ2) is 7.91. The van der Waals surface area contributed by atoms with Gasteiger partial charge in [0.05, 0.1) is 11.1 Å². The highest BCUT2D eigenvalue weighted by atomic mass is 16.6. The molecule has 0 atom stereocenters. The van der Waals surface area contributed by atoms with Gasteiger partial charge in [0.2, 0.25) is 0 Å². The van der Waals surface area contributed by atoms with Crippen molar-refractivity contribution in [3.05, 3.63) is 47.8 Å². The first-order valence-corrected chi connectivity index (χ1v) is 6.98. The molecular weight excluding hydrogens is 312 g/mol. The predicted octanol–water partition coefficient (Wildman–Crippen LogP) is 1.98. The highest BCUT2D eigenvalue weighted by Gasteiger charge is 2.17. The Morgan fingerprint density at radius 3 is 1.75 bits per heavy atom. The standard InChI is InChI=1S/C10H14N2O2.C6H6N2O2/c1-10(2,3)14-9(13)7-4-5-8(11)12-6-7;7-5-2-1-4(3-8-5)6(9)10/h4-6H,1-3H3,(H2,11,12);1-3H,(H2,7,8)(H,9,10). The van der Waals surface area contributed by atoms with Crippen LogP contribution >= 0.6 is 0 Å². The van der Waals surface area contributed by atoms with Gasteiger partial charge in [0.1, 0.15) is 17.2 Å². The molecule has 8 heteroatoms. The van der Waals surface area contributed by atoms with E-state index in [1.165, 1.54) is 24.5 Å². The molecule has 2 aromatic heterocycles. The molecule has 0 unspecified atom stereocenters. The lowest BCUT2D eigenvalue weighted by atomic mass is 10.2. The number of carbonyl (C=O) groups excluding carboxylic acids is 1. The van der Waals surface area contributed by atoms with Gasteiger partial charge in [0, 0.05) is 12.4 Å². The molecule has 2 heterocycles. The maximum absolute atomic E-state index is 11.5. The zero-order valence-corrected chi connectivity index (χ0v) is 13.7. The molecule has 0 saturated carbocycles. The summed E-state index contributed by atoms with van der Waals surface area (Å²) in [6.07, 6.45) is 2.63. The van der Waals surface area contributed by atoms with E-state index in [4.69, 9.17) is 21.3 Å². The number of rotatable bonds is 2. The Hall–Kier alpha value is -3.16. The van der Waals surface area contributed by atoms with E-state index in [1.807, 2.05) is 20.8 Å². The molecule has 0 bridgehead atoms. The highest BCUT2D eigenvalue weighted by Crippen LogP contribution is 2.11. The number of anilines is 2. The van der Waals surface area contributed by atoms with E-state index in [2.05, 4.69) is 9.97 Å². The number of aromatic nitrogens is 2. The summed E-state index contributed by atoms with van der Waals surface area (Å²) in [7, 11) is 0. The monoisotopic (exact) mass is 332 g/mol. The molecule has 0 aliphatic rings. The molecule has 128 valence electrons. The first-order valence-electron chi connectivity index (χ1n) is 6.98. The quantitative estimate of drug-likeness (QED) is 0.709. The van der Waals surface area contributed by atoms with Crippen molar-refractivity contribution in [3.63, 3.8) is 0 Å². The Bertz CT molecular complexity index is 692. The zero-order valence-electron chi connectivity index (χ0n) is 13.7. The van der Waals surface area contributed by atoms with Gasteiger partial charge in [-0.1, -0.05) is 0 Å². The lowest BCUT2D eigenvalue weighted by molar-refractivity contribution is 0.00689. The number of aromatic carboxylic acids is 1. The number of esters is 1. The average molecular weight is 332 g/mol. The number of hydrogen-bond acceptors (Lipinski definition) is 7. The number of carboxylic acids is 1. The summed E-state index contributed by atoms with van der Waals surface area (Å²) < 4.78 is 5.14. The van der Waals surface area contributed by atoms with Gasteiger partial charge in [-0.05, 0) is 45.0 Å². The number of carboxylic acid groups (broad SMARTS) is 1. The van der Waals surface area contributed by atoms with E-state index in [-0.39, 0.29) is 11.5 Å². The molecule has 8 nitrogen and oxygen atoms in total. The molecule has 0 radical (unpaired) electrons. The number of nitrogens with two attached hydrogens (primary N) is 2. The summed E-state index contributed by atoms with van der Waals surface area (Å²) in [6.45, 7) is 5.45. The topological polar surface area (TPSA) is 141 Å². The largest absolute Gasteiger partial charge is 0.478 e. The van der Waals surface area contributed by atoms with E-state index < -0.39 is 11.6 Å².